The van der Waals surface area contributed by atoms with E-state index in [0.717, 1.165) is 17.0 Å². The summed E-state index contributed by atoms with van der Waals surface area (Å²) in [6, 6.07) is 5.07. The van der Waals surface area contributed by atoms with Gasteiger partial charge in [0, 0.05) is 24.6 Å². The molecule has 0 unspecified atom stereocenters. The summed E-state index contributed by atoms with van der Waals surface area (Å²) in [6.07, 6.45) is -9.72. The van der Waals surface area contributed by atoms with E-state index in [1.807, 2.05) is 0 Å². The Morgan fingerprint density at radius 1 is 0.912 bits per heavy atom. The van der Waals surface area contributed by atoms with Crippen molar-refractivity contribution in [2.75, 3.05) is 14.2 Å². The molecule has 3 rings (SSSR count). The van der Waals surface area contributed by atoms with E-state index in [1.54, 1.807) is 0 Å². The van der Waals surface area contributed by atoms with E-state index in [0.29, 0.717) is 17.7 Å². The van der Waals surface area contributed by atoms with Crippen molar-refractivity contribution in [2.24, 2.45) is 5.92 Å². The summed E-state index contributed by atoms with van der Waals surface area (Å²) in [7, 11) is 2.42. The molecule has 184 valence electrons. The molecule has 0 N–H and O–H groups in total. The van der Waals surface area contributed by atoms with E-state index in [9.17, 15) is 40.3 Å². The van der Waals surface area contributed by atoms with Crippen LogP contribution in [0, 0.1) is 11.7 Å². The smallest absolute Gasteiger partial charge is 0.416 e. The van der Waals surface area contributed by atoms with Crippen LogP contribution >= 0.6 is 0 Å². The van der Waals surface area contributed by atoms with Gasteiger partial charge >= 0.3 is 18.3 Å². The minimum Gasteiger partial charge on any atom is -0.469 e. The molecule has 0 saturated heterocycles. The molecule has 0 aromatic heterocycles. The van der Waals surface area contributed by atoms with E-state index in [-0.39, 0.29) is 18.9 Å². The lowest BCUT2D eigenvalue weighted by molar-refractivity contribution is -0.146. The number of esters is 1. The number of carbonyl (C=O) groups is 2. The molecule has 3 atom stereocenters. The van der Waals surface area contributed by atoms with Gasteiger partial charge in [0.15, 0.2) is 0 Å². The third-order valence-electron chi connectivity index (χ3n) is 6.03. The van der Waals surface area contributed by atoms with Crippen LogP contribution in [0.5, 0.6) is 0 Å². The number of rotatable bonds is 4. The predicted molar refractivity (Wildman–Crippen MR) is 106 cm³/mol. The molecule has 0 bridgehead atoms. The van der Waals surface area contributed by atoms with Gasteiger partial charge in [0.05, 0.1) is 24.2 Å². The number of nitrogens with zero attached hydrogens (tertiary/aromatic N) is 1. The molecule has 1 aliphatic rings. The standard InChI is InChI=1S/C23H20F7NO3/c1-31(20(32)13-9-14(22(25,26)27)11-15(10-13)23(28,29)30)18-8-7-17(21(33)34-2)19(18)12-3-5-16(24)6-4-12/h3-6,9-11,17-19H,7-8H2,1-2H3/t17-,18-,19+/m0/s1. The Hall–Kier alpha value is -3.11. The summed E-state index contributed by atoms with van der Waals surface area (Å²) < 4.78 is 97.6. The zero-order chi connectivity index (χ0) is 25.4. The van der Waals surface area contributed by atoms with Crippen LogP contribution in [0.3, 0.4) is 0 Å². The molecule has 1 fully saturated rings. The Balaban J connectivity index is 2.02. The van der Waals surface area contributed by atoms with Crippen LogP contribution in [0.15, 0.2) is 42.5 Å². The van der Waals surface area contributed by atoms with Crippen LogP contribution in [-0.4, -0.2) is 37.0 Å². The number of halogens is 7. The molecule has 1 saturated carbocycles. The summed E-state index contributed by atoms with van der Waals surface area (Å²) in [5.74, 6) is -3.63. The van der Waals surface area contributed by atoms with E-state index in [4.69, 9.17) is 4.74 Å². The van der Waals surface area contributed by atoms with Gasteiger partial charge < -0.3 is 9.64 Å². The maximum atomic E-state index is 13.4. The van der Waals surface area contributed by atoms with Crippen molar-refractivity contribution in [3.63, 3.8) is 0 Å². The van der Waals surface area contributed by atoms with E-state index in [2.05, 4.69) is 0 Å². The van der Waals surface area contributed by atoms with Crippen LogP contribution in [-0.2, 0) is 21.9 Å². The number of hydrogen-bond acceptors (Lipinski definition) is 3. The van der Waals surface area contributed by atoms with Gasteiger partial charge in [0.2, 0.25) is 0 Å². The number of benzene rings is 2. The van der Waals surface area contributed by atoms with Gasteiger partial charge in [-0.15, -0.1) is 0 Å². The fourth-order valence-electron chi connectivity index (χ4n) is 4.40. The molecule has 0 aliphatic heterocycles. The summed E-state index contributed by atoms with van der Waals surface area (Å²) >= 11 is 0. The van der Waals surface area contributed by atoms with E-state index < -0.39 is 64.6 Å². The summed E-state index contributed by atoms with van der Waals surface area (Å²) in [4.78, 5) is 26.4. The summed E-state index contributed by atoms with van der Waals surface area (Å²) in [6.45, 7) is 0. The van der Waals surface area contributed by atoms with Crippen LogP contribution in [0.2, 0.25) is 0 Å². The second-order valence-corrected chi connectivity index (χ2v) is 8.06. The average molecular weight is 491 g/mol. The second kappa shape index (κ2) is 9.27. The van der Waals surface area contributed by atoms with Crippen LogP contribution in [0.25, 0.3) is 0 Å². The number of carbonyl (C=O) groups excluding carboxylic acids is 2. The zero-order valence-corrected chi connectivity index (χ0v) is 18.0. The van der Waals surface area contributed by atoms with Gasteiger partial charge in [-0.05, 0) is 48.7 Å². The molecule has 34 heavy (non-hydrogen) atoms. The van der Waals surface area contributed by atoms with Crippen molar-refractivity contribution in [3.8, 4) is 0 Å². The van der Waals surface area contributed by atoms with Gasteiger partial charge in [-0.25, -0.2) is 4.39 Å². The van der Waals surface area contributed by atoms with Gasteiger partial charge in [-0.3, -0.25) is 9.59 Å². The van der Waals surface area contributed by atoms with Gasteiger partial charge in [-0.2, -0.15) is 26.3 Å². The largest absolute Gasteiger partial charge is 0.469 e. The molecule has 0 radical (unpaired) electrons. The van der Waals surface area contributed by atoms with Crippen LogP contribution in [0.1, 0.15) is 45.8 Å². The van der Waals surface area contributed by atoms with Gasteiger partial charge in [-0.1, -0.05) is 12.1 Å². The van der Waals surface area contributed by atoms with Crippen molar-refractivity contribution < 1.29 is 45.1 Å². The molecule has 2 aromatic rings. The van der Waals surface area contributed by atoms with Gasteiger partial charge in [0.1, 0.15) is 5.82 Å². The third kappa shape index (κ3) is 5.18. The maximum absolute atomic E-state index is 13.4. The van der Waals surface area contributed by atoms with E-state index in [1.165, 1.54) is 26.3 Å². The van der Waals surface area contributed by atoms with Crippen molar-refractivity contribution >= 4 is 11.9 Å². The second-order valence-electron chi connectivity index (χ2n) is 8.06. The van der Waals surface area contributed by atoms with Crippen molar-refractivity contribution in [3.05, 3.63) is 70.5 Å². The Labute approximate surface area is 190 Å². The first kappa shape index (κ1) is 25.5. The molecule has 1 amide bonds. The third-order valence-corrected chi connectivity index (χ3v) is 6.03. The lowest BCUT2D eigenvalue weighted by Gasteiger charge is -2.32. The number of ether oxygens (including phenoxy) is 1. The Morgan fingerprint density at radius 2 is 1.44 bits per heavy atom. The minimum atomic E-state index is -5.10. The Bertz CT molecular complexity index is 1030. The Kier molecular flexibility index (Phi) is 6.95. The molecule has 4 nitrogen and oxygen atoms in total. The molecule has 11 heteroatoms. The fraction of sp³-hybridized carbons (Fsp3) is 0.391. The number of amides is 1. The highest BCUT2D eigenvalue weighted by atomic mass is 19.4. The predicted octanol–water partition coefficient (Wildman–Crippen LogP) is 5.67. The molecule has 0 spiro atoms. The van der Waals surface area contributed by atoms with Crippen molar-refractivity contribution in [1.29, 1.82) is 0 Å². The first-order valence-electron chi connectivity index (χ1n) is 10.1. The Morgan fingerprint density at radius 3 is 1.91 bits per heavy atom. The van der Waals surface area contributed by atoms with Gasteiger partial charge in [0.25, 0.3) is 5.91 Å². The lowest BCUT2D eigenvalue weighted by atomic mass is 9.85. The van der Waals surface area contributed by atoms with Crippen LogP contribution < -0.4 is 0 Å². The zero-order valence-electron chi connectivity index (χ0n) is 18.0. The monoisotopic (exact) mass is 491 g/mol. The van der Waals surface area contributed by atoms with E-state index >= 15 is 0 Å². The number of alkyl halides is 6. The topological polar surface area (TPSA) is 46.6 Å². The highest BCUT2D eigenvalue weighted by molar-refractivity contribution is 5.95. The van der Waals surface area contributed by atoms with Crippen molar-refractivity contribution in [2.45, 2.75) is 37.2 Å². The number of hydrogen-bond donors (Lipinski definition) is 0. The SMILES string of the molecule is COC(=O)[C@H]1CC[C@H](N(C)C(=O)c2cc(C(F)(F)F)cc(C(F)(F)F)c2)[C@@H]1c1ccc(F)cc1. The summed E-state index contributed by atoms with van der Waals surface area (Å²) in [5.41, 5.74) is -3.51. The normalized spacial score (nSPS) is 20.8. The van der Waals surface area contributed by atoms with Crippen molar-refractivity contribution in [1.82, 2.24) is 4.90 Å². The lowest BCUT2D eigenvalue weighted by Crippen LogP contribution is -2.40. The average Bonchev–Trinajstić information content (AvgIpc) is 3.21. The minimum absolute atomic E-state index is 0.0546. The molecular weight excluding hydrogens is 471 g/mol. The molecular formula is C23H20F7NO3. The quantitative estimate of drug-likeness (QED) is 0.409. The van der Waals surface area contributed by atoms with Crippen LogP contribution in [0.4, 0.5) is 30.7 Å². The first-order valence-corrected chi connectivity index (χ1v) is 10.1. The highest BCUT2D eigenvalue weighted by Gasteiger charge is 2.45. The first-order chi connectivity index (χ1) is 15.7. The fourth-order valence-corrected chi connectivity index (χ4v) is 4.40. The maximum Gasteiger partial charge on any atom is 0.416 e. The highest BCUT2D eigenvalue weighted by Crippen LogP contribution is 2.44. The number of likely N-dealkylation sites (N-methyl/N-ethyl adjacent to an activating group) is 1. The summed E-state index contributed by atoms with van der Waals surface area (Å²) in [5, 5.41) is 0. The molecule has 1 aliphatic carbocycles. The molecule has 2 aromatic carbocycles. The number of methoxy groups -OCH3 is 1. The molecule has 0 heterocycles.